The fourth-order valence-electron chi connectivity index (χ4n) is 2.36. The van der Waals surface area contributed by atoms with E-state index in [1.54, 1.807) is 6.92 Å². The maximum Gasteiger partial charge on any atom is 0.224 e. The van der Waals surface area contributed by atoms with Gasteiger partial charge in [0.1, 0.15) is 6.04 Å². The summed E-state index contributed by atoms with van der Waals surface area (Å²) >= 11 is 0. The summed E-state index contributed by atoms with van der Waals surface area (Å²) in [7, 11) is 0. The summed E-state index contributed by atoms with van der Waals surface area (Å²) in [6.45, 7) is 3.67. The lowest BCUT2D eigenvalue weighted by atomic mass is 9.74. The van der Waals surface area contributed by atoms with Crippen molar-refractivity contribution >= 4 is 11.8 Å². The summed E-state index contributed by atoms with van der Waals surface area (Å²) in [5, 5.41) is 11.2. The topological polar surface area (TPSA) is 96.0 Å². The zero-order valence-electron chi connectivity index (χ0n) is 10.3. The predicted octanol–water partition coefficient (Wildman–Crippen LogP) is 0.552. The molecule has 0 aromatic rings. The predicted molar refractivity (Wildman–Crippen MR) is 62.4 cm³/mol. The van der Waals surface area contributed by atoms with Crippen LogP contribution in [0.3, 0.4) is 0 Å². The van der Waals surface area contributed by atoms with Crippen molar-refractivity contribution in [1.82, 2.24) is 5.32 Å². The van der Waals surface area contributed by atoms with E-state index in [4.69, 9.17) is 11.0 Å². The number of amides is 2. The minimum absolute atomic E-state index is 0.227. The Hall–Kier alpha value is -1.57. The average molecular weight is 237 g/mol. The van der Waals surface area contributed by atoms with Crippen molar-refractivity contribution in [2.24, 2.45) is 23.5 Å². The first kappa shape index (κ1) is 13.5. The van der Waals surface area contributed by atoms with Gasteiger partial charge in [-0.05, 0) is 32.1 Å². The first-order chi connectivity index (χ1) is 7.95. The van der Waals surface area contributed by atoms with Crippen LogP contribution in [0.4, 0.5) is 0 Å². The zero-order chi connectivity index (χ0) is 13.0. The highest BCUT2D eigenvalue weighted by molar-refractivity contribution is 5.87. The number of rotatable bonds is 3. The lowest BCUT2D eigenvalue weighted by Gasteiger charge is -2.32. The van der Waals surface area contributed by atoms with E-state index in [-0.39, 0.29) is 11.8 Å². The molecule has 0 heterocycles. The van der Waals surface area contributed by atoms with Crippen LogP contribution in [0.1, 0.15) is 33.1 Å². The van der Waals surface area contributed by atoms with E-state index in [0.717, 1.165) is 6.42 Å². The van der Waals surface area contributed by atoms with Gasteiger partial charge in [0, 0.05) is 11.8 Å². The van der Waals surface area contributed by atoms with Gasteiger partial charge in [-0.3, -0.25) is 9.59 Å². The second kappa shape index (κ2) is 5.67. The van der Waals surface area contributed by atoms with Crippen LogP contribution in [0.2, 0.25) is 0 Å². The van der Waals surface area contributed by atoms with Crippen LogP contribution in [0.5, 0.6) is 0 Å². The molecule has 5 heteroatoms. The minimum Gasteiger partial charge on any atom is -0.369 e. The minimum atomic E-state index is -0.532. The van der Waals surface area contributed by atoms with Gasteiger partial charge in [-0.15, -0.1) is 0 Å². The van der Waals surface area contributed by atoms with Gasteiger partial charge >= 0.3 is 0 Å². The first-order valence-electron chi connectivity index (χ1n) is 5.95. The van der Waals surface area contributed by atoms with Crippen LogP contribution in [0.25, 0.3) is 0 Å². The fourth-order valence-corrected chi connectivity index (χ4v) is 2.36. The Morgan fingerprint density at radius 1 is 1.41 bits per heavy atom. The number of nitrogens with two attached hydrogens (primary N) is 1. The summed E-state index contributed by atoms with van der Waals surface area (Å²) < 4.78 is 0. The monoisotopic (exact) mass is 237 g/mol. The SMILES string of the molecule is CC1CC[C@@H](C(=O)NC(C)C#N)[C@@H](C(N)=O)C1. The average Bonchev–Trinajstić information content (AvgIpc) is 2.28. The highest BCUT2D eigenvalue weighted by Gasteiger charge is 2.37. The van der Waals surface area contributed by atoms with Crippen molar-refractivity contribution in [1.29, 1.82) is 5.26 Å². The second-order valence-corrected chi connectivity index (χ2v) is 4.89. The molecule has 0 aliphatic heterocycles. The zero-order valence-corrected chi connectivity index (χ0v) is 10.3. The molecule has 2 amide bonds. The molecule has 2 unspecified atom stereocenters. The van der Waals surface area contributed by atoms with Crippen LogP contribution in [0, 0.1) is 29.1 Å². The number of hydrogen-bond donors (Lipinski definition) is 2. The van der Waals surface area contributed by atoms with Gasteiger partial charge < -0.3 is 11.1 Å². The molecule has 0 aromatic heterocycles. The second-order valence-electron chi connectivity index (χ2n) is 4.89. The van der Waals surface area contributed by atoms with Crippen LogP contribution >= 0.6 is 0 Å². The molecule has 1 aliphatic carbocycles. The van der Waals surface area contributed by atoms with Crippen molar-refractivity contribution in [2.75, 3.05) is 0 Å². The molecule has 1 aliphatic rings. The van der Waals surface area contributed by atoms with E-state index in [1.165, 1.54) is 0 Å². The Bertz CT molecular complexity index is 348. The van der Waals surface area contributed by atoms with Crippen LogP contribution < -0.4 is 11.1 Å². The molecule has 4 atom stereocenters. The van der Waals surface area contributed by atoms with E-state index in [1.807, 2.05) is 6.07 Å². The van der Waals surface area contributed by atoms with Crippen molar-refractivity contribution in [3.8, 4) is 6.07 Å². The standard InChI is InChI=1S/C12H19N3O2/c1-7-3-4-9(10(5-7)11(14)16)12(17)15-8(2)6-13/h7-10H,3-5H2,1-2H3,(H2,14,16)(H,15,17)/t7?,8?,9-,10+/m1/s1. The maximum absolute atomic E-state index is 11.9. The van der Waals surface area contributed by atoms with Gasteiger partial charge in [-0.25, -0.2) is 0 Å². The third-order valence-corrected chi connectivity index (χ3v) is 3.37. The molecular formula is C12H19N3O2. The summed E-state index contributed by atoms with van der Waals surface area (Å²) in [6.07, 6.45) is 2.25. The molecule has 94 valence electrons. The number of carbonyl (C=O) groups is 2. The number of carbonyl (C=O) groups excluding carboxylic acids is 2. The van der Waals surface area contributed by atoms with Crippen molar-refractivity contribution in [2.45, 2.75) is 39.2 Å². The van der Waals surface area contributed by atoms with Gasteiger partial charge in [0.2, 0.25) is 11.8 Å². The third-order valence-electron chi connectivity index (χ3n) is 3.37. The number of nitrogens with zero attached hydrogens (tertiary/aromatic N) is 1. The summed E-state index contributed by atoms with van der Waals surface area (Å²) in [5.74, 6) is -0.995. The molecule has 0 aromatic carbocycles. The van der Waals surface area contributed by atoms with Crippen LogP contribution in [-0.4, -0.2) is 17.9 Å². The molecule has 1 saturated carbocycles. The largest absolute Gasteiger partial charge is 0.369 e. The van der Waals surface area contributed by atoms with E-state index in [9.17, 15) is 9.59 Å². The number of nitrogens with one attached hydrogen (secondary N) is 1. The maximum atomic E-state index is 11.9. The molecule has 17 heavy (non-hydrogen) atoms. The molecule has 0 spiro atoms. The Labute approximate surface area is 101 Å². The Morgan fingerprint density at radius 3 is 2.59 bits per heavy atom. The highest BCUT2D eigenvalue weighted by Crippen LogP contribution is 2.33. The van der Waals surface area contributed by atoms with Gasteiger partial charge in [0.15, 0.2) is 0 Å². The molecule has 5 nitrogen and oxygen atoms in total. The molecule has 1 rings (SSSR count). The summed E-state index contributed by atoms with van der Waals surface area (Å²) in [4.78, 5) is 23.3. The Balaban J connectivity index is 2.70. The normalized spacial score (nSPS) is 30.1. The summed E-state index contributed by atoms with van der Waals surface area (Å²) in [5.41, 5.74) is 5.34. The number of hydrogen-bond acceptors (Lipinski definition) is 3. The molecule has 0 bridgehead atoms. The van der Waals surface area contributed by atoms with E-state index < -0.39 is 17.9 Å². The summed E-state index contributed by atoms with van der Waals surface area (Å²) in [6, 6.07) is 1.41. The Kier molecular flexibility index (Phi) is 4.50. The van der Waals surface area contributed by atoms with Gasteiger partial charge in [0.25, 0.3) is 0 Å². The van der Waals surface area contributed by atoms with Crippen molar-refractivity contribution in [3.05, 3.63) is 0 Å². The van der Waals surface area contributed by atoms with E-state index >= 15 is 0 Å². The quantitative estimate of drug-likeness (QED) is 0.750. The van der Waals surface area contributed by atoms with E-state index in [2.05, 4.69) is 12.2 Å². The van der Waals surface area contributed by atoms with Gasteiger partial charge in [0.05, 0.1) is 6.07 Å². The van der Waals surface area contributed by atoms with Gasteiger partial charge in [-0.2, -0.15) is 5.26 Å². The smallest absolute Gasteiger partial charge is 0.224 e. The number of nitriles is 1. The highest BCUT2D eigenvalue weighted by atomic mass is 16.2. The lowest BCUT2D eigenvalue weighted by Crippen LogP contribution is -2.45. The molecular weight excluding hydrogens is 218 g/mol. The van der Waals surface area contributed by atoms with Crippen molar-refractivity contribution < 1.29 is 9.59 Å². The fraction of sp³-hybridized carbons (Fsp3) is 0.750. The van der Waals surface area contributed by atoms with Gasteiger partial charge in [-0.1, -0.05) is 6.92 Å². The molecule has 0 saturated heterocycles. The number of primary amides is 1. The van der Waals surface area contributed by atoms with Crippen molar-refractivity contribution in [3.63, 3.8) is 0 Å². The van der Waals surface area contributed by atoms with E-state index in [0.29, 0.717) is 18.8 Å². The van der Waals surface area contributed by atoms with Crippen LogP contribution in [0.15, 0.2) is 0 Å². The van der Waals surface area contributed by atoms with Crippen LogP contribution in [-0.2, 0) is 9.59 Å². The molecule has 0 radical (unpaired) electrons. The first-order valence-corrected chi connectivity index (χ1v) is 5.95. The third kappa shape index (κ3) is 3.45. The molecule has 1 fully saturated rings. The lowest BCUT2D eigenvalue weighted by molar-refractivity contribution is -0.135. The Morgan fingerprint density at radius 2 is 2.06 bits per heavy atom. The molecule has 3 N–H and O–H groups in total.